The van der Waals surface area contributed by atoms with Crippen LogP contribution in [0.2, 0.25) is 0 Å². The number of halogens is 2. The Hall–Kier alpha value is -3.99. The lowest BCUT2D eigenvalue weighted by molar-refractivity contribution is -0.307. The molecule has 0 radical (unpaired) electrons. The summed E-state index contributed by atoms with van der Waals surface area (Å²) in [5.74, 6) is -5.78. The summed E-state index contributed by atoms with van der Waals surface area (Å²) in [5.41, 5.74) is 3.36. The van der Waals surface area contributed by atoms with E-state index in [-0.39, 0.29) is 39.6 Å². The predicted octanol–water partition coefficient (Wildman–Crippen LogP) is 6.93. The molecule has 1 aliphatic rings. The van der Waals surface area contributed by atoms with Crippen molar-refractivity contribution in [1.29, 1.82) is 0 Å². The zero-order valence-corrected chi connectivity index (χ0v) is 26.3. The molecule has 1 aliphatic heterocycles. The maximum Gasteiger partial charge on any atom is 0.379 e. The molecule has 5 atom stereocenters. The van der Waals surface area contributed by atoms with Crippen molar-refractivity contribution in [2.75, 3.05) is 13.2 Å². The summed E-state index contributed by atoms with van der Waals surface area (Å²) in [5, 5.41) is 0. The van der Waals surface area contributed by atoms with Crippen LogP contribution >= 0.6 is 0 Å². The van der Waals surface area contributed by atoms with Gasteiger partial charge >= 0.3 is 11.9 Å². The second-order valence-electron chi connectivity index (χ2n) is 11.2. The van der Waals surface area contributed by atoms with E-state index in [9.17, 15) is 4.79 Å². The summed E-state index contributed by atoms with van der Waals surface area (Å²) in [6.07, 6.45) is -6.54. The topological polar surface area (TPSA) is 72.5 Å². The second-order valence-corrected chi connectivity index (χ2v) is 11.2. The molecule has 0 aliphatic carbocycles. The van der Waals surface area contributed by atoms with Gasteiger partial charge in [-0.15, -0.1) is 0 Å². The lowest BCUT2D eigenvalue weighted by atomic mass is 9.90. The minimum absolute atomic E-state index is 0.0317. The van der Waals surface area contributed by atoms with E-state index in [4.69, 9.17) is 28.4 Å². The van der Waals surface area contributed by atoms with E-state index in [2.05, 4.69) is 0 Å². The number of hydrogen-bond acceptors (Lipinski definition) is 7. The van der Waals surface area contributed by atoms with Crippen LogP contribution in [-0.4, -0.2) is 55.6 Å². The van der Waals surface area contributed by atoms with E-state index in [1.54, 1.807) is 0 Å². The highest BCUT2D eigenvalue weighted by molar-refractivity contribution is 5.78. The summed E-state index contributed by atoms with van der Waals surface area (Å²) in [4.78, 5) is 12.8. The van der Waals surface area contributed by atoms with Crippen molar-refractivity contribution in [3.05, 3.63) is 144 Å². The van der Waals surface area contributed by atoms with Gasteiger partial charge in [0.15, 0.2) is 6.10 Å². The average molecular weight is 647 g/mol. The van der Waals surface area contributed by atoms with E-state index < -0.39 is 42.4 Å². The Kier molecular flexibility index (Phi) is 12.6. The van der Waals surface area contributed by atoms with Gasteiger partial charge in [-0.3, -0.25) is 0 Å². The van der Waals surface area contributed by atoms with Crippen LogP contribution in [0, 0.1) is 0 Å². The largest absolute Gasteiger partial charge is 0.461 e. The number of carbonyl (C=O) groups excluding carboxylic acids is 1. The number of ether oxygens (including phenoxy) is 6. The monoisotopic (exact) mass is 646 g/mol. The molecule has 1 unspecified atom stereocenters. The van der Waals surface area contributed by atoms with Gasteiger partial charge in [-0.1, -0.05) is 121 Å². The first-order valence-electron chi connectivity index (χ1n) is 15.7. The maximum atomic E-state index is 16.1. The van der Waals surface area contributed by atoms with Gasteiger partial charge in [0.2, 0.25) is 0 Å². The van der Waals surface area contributed by atoms with Crippen LogP contribution in [0.15, 0.2) is 121 Å². The van der Waals surface area contributed by atoms with Crippen LogP contribution in [0.3, 0.4) is 0 Å². The highest BCUT2D eigenvalue weighted by Crippen LogP contribution is 2.38. The average Bonchev–Trinajstić information content (AvgIpc) is 3.11. The smallest absolute Gasteiger partial charge is 0.379 e. The van der Waals surface area contributed by atoms with Gasteiger partial charge in [-0.05, 0) is 29.2 Å². The Morgan fingerprint density at radius 1 is 0.617 bits per heavy atom. The SMILES string of the molecule is CCOC(=O)C(F)(F)C1O[C@H](COCc2ccccc2)[C@H](OCc2ccccc2)[C@H](OCc2ccccc2)[C@H]1OCc1ccccc1. The molecule has 0 N–H and O–H groups in total. The van der Waals surface area contributed by atoms with Gasteiger partial charge in [-0.2, -0.15) is 8.78 Å². The molecule has 1 saturated heterocycles. The molecule has 1 heterocycles. The molecule has 5 rings (SSSR count). The fraction of sp³-hybridized carbons (Fsp3) is 0.342. The van der Waals surface area contributed by atoms with E-state index >= 15 is 8.78 Å². The van der Waals surface area contributed by atoms with Crippen LogP contribution in [0.1, 0.15) is 29.2 Å². The first-order valence-corrected chi connectivity index (χ1v) is 15.7. The number of carbonyl (C=O) groups is 1. The van der Waals surface area contributed by atoms with Gasteiger partial charge in [-0.25, -0.2) is 4.79 Å². The lowest BCUT2D eigenvalue weighted by Gasteiger charge is -2.47. The molecule has 4 aromatic carbocycles. The zero-order valence-electron chi connectivity index (χ0n) is 26.3. The summed E-state index contributed by atoms with van der Waals surface area (Å²) < 4.78 is 68.4. The molecule has 0 bridgehead atoms. The Balaban J connectivity index is 1.50. The van der Waals surface area contributed by atoms with Crippen LogP contribution in [0.5, 0.6) is 0 Å². The van der Waals surface area contributed by atoms with E-state index in [1.807, 2.05) is 121 Å². The van der Waals surface area contributed by atoms with Crippen molar-refractivity contribution in [1.82, 2.24) is 0 Å². The van der Waals surface area contributed by atoms with Gasteiger partial charge in [0, 0.05) is 0 Å². The minimum Gasteiger partial charge on any atom is -0.461 e. The van der Waals surface area contributed by atoms with Crippen molar-refractivity contribution in [3.8, 4) is 0 Å². The third-order valence-corrected chi connectivity index (χ3v) is 7.79. The summed E-state index contributed by atoms with van der Waals surface area (Å²) in [6, 6.07) is 37.5. The number of esters is 1. The molecular formula is C38H40F2O7. The minimum atomic E-state index is -4.08. The van der Waals surface area contributed by atoms with Gasteiger partial charge in [0.1, 0.15) is 24.4 Å². The van der Waals surface area contributed by atoms with Crippen molar-refractivity contribution in [2.45, 2.75) is 69.8 Å². The Morgan fingerprint density at radius 3 is 1.47 bits per heavy atom. The number of hydrogen-bond donors (Lipinski definition) is 0. The summed E-state index contributed by atoms with van der Waals surface area (Å²) in [6.45, 7) is 1.55. The third kappa shape index (κ3) is 9.53. The molecule has 0 saturated carbocycles. The molecule has 9 heteroatoms. The Labute approximate surface area is 274 Å². The first-order chi connectivity index (χ1) is 23.0. The second kappa shape index (κ2) is 17.2. The molecule has 7 nitrogen and oxygen atoms in total. The fourth-order valence-electron chi connectivity index (χ4n) is 5.42. The predicted molar refractivity (Wildman–Crippen MR) is 171 cm³/mol. The van der Waals surface area contributed by atoms with Crippen LogP contribution in [-0.2, 0) is 59.6 Å². The molecule has 1 fully saturated rings. The maximum absolute atomic E-state index is 16.1. The van der Waals surface area contributed by atoms with Crippen molar-refractivity contribution in [2.24, 2.45) is 0 Å². The summed E-state index contributed by atoms with van der Waals surface area (Å²) >= 11 is 0. The highest BCUT2D eigenvalue weighted by atomic mass is 19.3. The molecule has 0 amide bonds. The third-order valence-electron chi connectivity index (χ3n) is 7.79. The van der Waals surface area contributed by atoms with E-state index in [1.165, 1.54) is 6.92 Å². The highest BCUT2D eigenvalue weighted by Gasteiger charge is 2.61. The van der Waals surface area contributed by atoms with Crippen molar-refractivity contribution in [3.63, 3.8) is 0 Å². The van der Waals surface area contributed by atoms with E-state index in [0.29, 0.717) is 0 Å². The van der Waals surface area contributed by atoms with Gasteiger partial charge in [0.25, 0.3) is 0 Å². The first kappa shape index (κ1) is 34.3. The normalized spacial score (nSPS) is 21.3. The Morgan fingerprint density at radius 2 is 1.02 bits per heavy atom. The molecule has 0 spiro atoms. The summed E-state index contributed by atoms with van der Waals surface area (Å²) in [7, 11) is 0. The van der Waals surface area contributed by atoms with Crippen molar-refractivity contribution < 1.29 is 42.0 Å². The lowest BCUT2D eigenvalue weighted by Crippen LogP contribution is -2.66. The standard InChI is InChI=1S/C38H40F2O7/c1-2-43-37(41)38(39,40)36-35(46-26-31-21-13-6-14-22-31)34(45-25-30-19-11-5-12-20-30)33(44-24-29-17-9-4-10-18-29)32(47-36)27-42-23-28-15-7-3-8-16-28/h3-22,32-36H,2,23-27H2,1H3/t32-,33+,34+,35-,36?/m1/s1. The quantitative estimate of drug-likeness (QED) is 0.122. The number of benzene rings is 4. The molecule has 47 heavy (non-hydrogen) atoms. The Bertz CT molecular complexity index is 1480. The molecule has 0 aromatic heterocycles. The molecule has 4 aromatic rings. The molecular weight excluding hydrogens is 606 g/mol. The van der Waals surface area contributed by atoms with Crippen molar-refractivity contribution >= 4 is 5.97 Å². The molecule has 248 valence electrons. The zero-order chi connectivity index (χ0) is 32.9. The van der Waals surface area contributed by atoms with Crippen LogP contribution < -0.4 is 0 Å². The van der Waals surface area contributed by atoms with Gasteiger partial charge < -0.3 is 28.4 Å². The fourth-order valence-corrected chi connectivity index (χ4v) is 5.42. The number of rotatable bonds is 16. The van der Waals surface area contributed by atoms with Crippen LogP contribution in [0.4, 0.5) is 8.78 Å². The van der Waals surface area contributed by atoms with Crippen LogP contribution in [0.25, 0.3) is 0 Å². The number of alkyl halides is 2. The van der Waals surface area contributed by atoms with E-state index in [0.717, 1.165) is 22.3 Å². The van der Waals surface area contributed by atoms with Gasteiger partial charge in [0.05, 0.1) is 39.6 Å².